The standard InChI is InChI=1S/C25H29ClN2O4/c26-18-6-9-22-21(14-18)20-10-11-28(25(30)32-15-16-2-3-16)24(23(20)27-22)17-4-7-19(8-5-17)31-13-1-12-29/h4-5,7-9,14,16,18,24,27,29H,1-3,6,10-13,15H2/t18?,24-/m0/s1. The summed E-state index contributed by atoms with van der Waals surface area (Å²) in [6.07, 6.45) is 8.47. The van der Waals surface area contributed by atoms with Gasteiger partial charge >= 0.3 is 6.09 Å². The van der Waals surface area contributed by atoms with Crippen molar-refractivity contribution in [1.29, 1.82) is 0 Å². The Balaban J connectivity index is 1.48. The van der Waals surface area contributed by atoms with E-state index in [1.54, 1.807) is 0 Å². The summed E-state index contributed by atoms with van der Waals surface area (Å²) in [7, 11) is 0. The summed E-state index contributed by atoms with van der Waals surface area (Å²) in [4.78, 5) is 18.5. The van der Waals surface area contributed by atoms with Crippen molar-refractivity contribution in [1.82, 2.24) is 9.88 Å². The van der Waals surface area contributed by atoms with Crippen LogP contribution in [0.1, 0.15) is 48.5 Å². The summed E-state index contributed by atoms with van der Waals surface area (Å²) in [6.45, 7) is 1.68. The monoisotopic (exact) mass is 456 g/mol. The molecule has 2 atom stereocenters. The number of aromatic nitrogens is 1. The molecule has 1 fully saturated rings. The molecule has 2 aromatic rings. The lowest BCUT2D eigenvalue weighted by molar-refractivity contribution is 0.0850. The third-order valence-corrected chi connectivity index (χ3v) is 6.74. The molecule has 32 heavy (non-hydrogen) atoms. The van der Waals surface area contributed by atoms with Gasteiger partial charge in [-0.25, -0.2) is 4.79 Å². The van der Waals surface area contributed by atoms with Crippen molar-refractivity contribution < 1.29 is 19.4 Å². The van der Waals surface area contributed by atoms with Crippen molar-refractivity contribution in [2.24, 2.45) is 5.92 Å². The minimum absolute atomic E-state index is 0.00209. The number of amides is 1. The number of aliphatic hydroxyl groups excluding tert-OH is 1. The highest BCUT2D eigenvalue weighted by atomic mass is 35.5. The van der Waals surface area contributed by atoms with Crippen LogP contribution in [-0.4, -0.2) is 52.8 Å². The highest BCUT2D eigenvalue weighted by molar-refractivity contribution is 6.24. The Kier molecular flexibility index (Phi) is 6.15. The predicted molar refractivity (Wildman–Crippen MR) is 123 cm³/mol. The van der Waals surface area contributed by atoms with Gasteiger partial charge in [-0.2, -0.15) is 0 Å². The second-order valence-electron chi connectivity index (χ2n) is 8.83. The molecule has 0 saturated heterocycles. The number of nitrogens with zero attached hydrogens (tertiary/aromatic N) is 1. The van der Waals surface area contributed by atoms with E-state index < -0.39 is 0 Å². The lowest BCUT2D eigenvalue weighted by Crippen LogP contribution is -2.42. The number of benzene rings is 1. The second-order valence-corrected chi connectivity index (χ2v) is 9.39. The highest BCUT2D eigenvalue weighted by Gasteiger charge is 2.36. The van der Waals surface area contributed by atoms with Gasteiger partial charge in [-0.15, -0.1) is 11.6 Å². The third kappa shape index (κ3) is 4.39. The van der Waals surface area contributed by atoms with E-state index in [4.69, 9.17) is 26.2 Å². The van der Waals surface area contributed by atoms with Gasteiger partial charge in [0.15, 0.2) is 0 Å². The summed E-state index contributed by atoms with van der Waals surface area (Å²) in [5.74, 6) is 1.27. The number of hydrogen-bond acceptors (Lipinski definition) is 4. The molecule has 2 heterocycles. The number of rotatable bonds is 7. The molecule has 1 saturated carbocycles. The highest BCUT2D eigenvalue weighted by Crippen LogP contribution is 2.35. The Morgan fingerprint density at radius 3 is 2.81 bits per heavy atom. The van der Waals surface area contributed by atoms with Gasteiger partial charge in [-0.05, 0) is 54.9 Å². The van der Waals surface area contributed by atoms with Crippen LogP contribution >= 0.6 is 11.6 Å². The maximum Gasteiger partial charge on any atom is 0.410 e. The van der Waals surface area contributed by atoms with Gasteiger partial charge in [0.05, 0.1) is 18.6 Å². The number of aliphatic hydroxyl groups is 1. The van der Waals surface area contributed by atoms with E-state index >= 15 is 0 Å². The van der Waals surface area contributed by atoms with E-state index in [0.29, 0.717) is 32.1 Å². The molecule has 1 amide bonds. The van der Waals surface area contributed by atoms with Crippen molar-refractivity contribution in [3.8, 4) is 5.75 Å². The fourth-order valence-electron chi connectivity index (χ4n) is 4.55. The molecule has 0 radical (unpaired) electrons. The second kappa shape index (κ2) is 9.20. The van der Waals surface area contributed by atoms with Gasteiger partial charge in [-0.3, -0.25) is 4.90 Å². The molecule has 0 bridgehead atoms. The number of carbonyl (C=O) groups is 1. The summed E-state index contributed by atoms with van der Waals surface area (Å²) < 4.78 is 11.4. The van der Waals surface area contributed by atoms with Gasteiger partial charge < -0.3 is 19.6 Å². The normalized spacial score (nSPS) is 21.8. The molecule has 0 spiro atoms. The average molecular weight is 457 g/mol. The molecule has 6 nitrogen and oxygen atoms in total. The van der Waals surface area contributed by atoms with Gasteiger partial charge in [0, 0.05) is 35.8 Å². The van der Waals surface area contributed by atoms with Crippen LogP contribution in [0.3, 0.4) is 0 Å². The number of carbonyl (C=O) groups excluding carboxylic acids is 1. The summed E-state index contributed by atoms with van der Waals surface area (Å²) in [6, 6.07) is 7.60. The Bertz CT molecular complexity index is 1090. The zero-order chi connectivity index (χ0) is 22.1. The largest absolute Gasteiger partial charge is 0.494 e. The first-order chi connectivity index (χ1) is 15.6. The maximum atomic E-state index is 13.1. The molecule has 1 aromatic heterocycles. The number of fused-ring (bicyclic) bond motifs is 3. The van der Waals surface area contributed by atoms with Gasteiger partial charge in [0.1, 0.15) is 11.8 Å². The first-order valence-corrected chi connectivity index (χ1v) is 11.9. The van der Waals surface area contributed by atoms with E-state index in [-0.39, 0.29) is 24.1 Å². The number of hydrogen-bond donors (Lipinski definition) is 2. The maximum absolute atomic E-state index is 13.1. The summed E-state index contributed by atoms with van der Waals surface area (Å²) in [5, 5.41) is 11.2. The quantitative estimate of drug-likeness (QED) is 0.496. The molecule has 1 aromatic carbocycles. The SMILES string of the molecule is O=C(OCC1CC1)N1CCc2c([nH]c3c2=CC(Cl)CC=3)[C@@H]1c1ccc(OCCCO)cc1. The number of nitrogens with one attached hydrogen (secondary N) is 1. The van der Waals surface area contributed by atoms with Crippen LogP contribution in [0.2, 0.25) is 0 Å². The first-order valence-electron chi connectivity index (χ1n) is 11.5. The smallest absolute Gasteiger partial charge is 0.410 e. The topological polar surface area (TPSA) is 74.8 Å². The van der Waals surface area contributed by atoms with Crippen molar-refractivity contribution in [3.63, 3.8) is 0 Å². The minimum atomic E-state index is -0.258. The number of ether oxygens (including phenoxy) is 2. The van der Waals surface area contributed by atoms with Crippen molar-refractivity contribution in [2.75, 3.05) is 26.4 Å². The van der Waals surface area contributed by atoms with Crippen LogP contribution in [-0.2, 0) is 11.2 Å². The van der Waals surface area contributed by atoms with Gasteiger partial charge in [0.2, 0.25) is 0 Å². The van der Waals surface area contributed by atoms with Crippen LogP contribution in [0.4, 0.5) is 4.79 Å². The van der Waals surface area contributed by atoms with Crippen LogP contribution < -0.4 is 15.3 Å². The molecule has 7 heteroatoms. The van der Waals surface area contributed by atoms with Crippen LogP contribution in [0, 0.1) is 5.92 Å². The molecule has 170 valence electrons. The number of aromatic amines is 1. The molecule has 3 aliphatic rings. The van der Waals surface area contributed by atoms with Crippen LogP contribution in [0.15, 0.2) is 24.3 Å². The Morgan fingerprint density at radius 1 is 1.25 bits per heavy atom. The third-order valence-electron chi connectivity index (χ3n) is 6.43. The Hall–Kier alpha value is -2.44. The lowest BCUT2D eigenvalue weighted by Gasteiger charge is -2.35. The predicted octanol–water partition coefficient (Wildman–Crippen LogP) is 2.84. The van der Waals surface area contributed by atoms with Gasteiger partial charge in [0.25, 0.3) is 0 Å². The summed E-state index contributed by atoms with van der Waals surface area (Å²) >= 11 is 6.41. The van der Waals surface area contributed by atoms with E-state index in [1.807, 2.05) is 29.2 Å². The van der Waals surface area contributed by atoms with E-state index in [2.05, 4.69) is 17.1 Å². The van der Waals surface area contributed by atoms with E-state index in [0.717, 1.165) is 48.0 Å². The zero-order valence-electron chi connectivity index (χ0n) is 18.1. The molecule has 2 aliphatic carbocycles. The number of alkyl halides is 1. The van der Waals surface area contributed by atoms with Gasteiger partial charge in [-0.1, -0.05) is 24.3 Å². The number of H-pyrrole nitrogens is 1. The van der Waals surface area contributed by atoms with Crippen LogP contribution in [0.5, 0.6) is 5.75 Å². The first kappa shape index (κ1) is 21.4. The van der Waals surface area contributed by atoms with Crippen molar-refractivity contribution in [2.45, 2.75) is 43.5 Å². The van der Waals surface area contributed by atoms with E-state index in [9.17, 15) is 4.79 Å². The molecular formula is C25H29ClN2O4. The molecular weight excluding hydrogens is 428 g/mol. The fraction of sp³-hybridized carbons (Fsp3) is 0.480. The molecule has 2 N–H and O–H groups in total. The van der Waals surface area contributed by atoms with Crippen molar-refractivity contribution >= 4 is 29.8 Å². The molecule has 5 rings (SSSR count). The molecule has 1 unspecified atom stereocenters. The zero-order valence-corrected chi connectivity index (χ0v) is 18.8. The van der Waals surface area contributed by atoms with Crippen LogP contribution in [0.25, 0.3) is 12.2 Å². The molecule has 1 aliphatic heterocycles. The lowest BCUT2D eigenvalue weighted by atomic mass is 9.92. The average Bonchev–Trinajstić information content (AvgIpc) is 3.57. The number of halogens is 1. The Morgan fingerprint density at radius 2 is 2.06 bits per heavy atom. The fourth-order valence-corrected chi connectivity index (χ4v) is 4.76. The van der Waals surface area contributed by atoms with E-state index in [1.165, 1.54) is 10.8 Å². The minimum Gasteiger partial charge on any atom is -0.494 e. The summed E-state index contributed by atoms with van der Waals surface area (Å²) in [5.41, 5.74) is 3.28. The van der Waals surface area contributed by atoms with Crippen molar-refractivity contribution in [3.05, 3.63) is 51.7 Å². The Labute approximate surface area is 192 Å².